The van der Waals surface area contributed by atoms with Gasteiger partial charge in [-0.2, -0.15) is 0 Å². The monoisotopic (exact) mass is 604 g/mol. The maximum atomic E-state index is 12.5. The molecule has 1 saturated heterocycles. The number of ether oxygens (including phenoxy) is 2. The van der Waals surface area contributed by atoms with Crippen LogP contribution in [0.3, 0.4) is 0 Å². The van der Waals surface area contributed by atoms with E-state index in [0.29, 0.717) is 33.6 Å². The van der Waals surface area contributed by atoms with E-state index in [-0.39, 0.29) is 24.6 Å². The third-order valence-electron chi connectivity index (χ3n) is 7.13. The van der Waals surface area contributed by atoms with Gasteiger partial charge in [0.15, 0.2) is 11.7 Å². The second-order valence-electron chi connectivity index (χ2n) is 9.97. The zero-order valence-corrected chi connectivity index (χ0v) is 24.5. The van der Waals surface area contributed by atoms with E-state index in [1.165, 1.54) is 7.11 Å². The van der Waals surface area contributed by atoms with Gasteiger partial charge in [-0.1, -0.05) is 36.4 Å². The number of carbonyl (C=O) groups is 2. The van der Waals surface area contributed by atoms with Crippen LogP contribution in [0, 0.1) is 0 Å². The van der Waals surface area contributed by atoms with E-state index in [0.717, 1.165) is 16.9 Å². The predicted molar refractivity (Wildman–Crippen MR) is 170 cm³/mol. The number of amides is 1. The van der Waals surface area contributed by atoms with Crippen molar-refractivity contribution in [2.24, 2.45) is 0 Å². The van der Waals surface area contributed by atoms with Crippen molar-refractivity contribution in [3.05, 3.63) is 132 Å². The molecule has 9 nitrogen and oxygen atoms in total. The van der Waals surface area contributed by atoms with Crippen molar-refractivity contribution in [3.8, 4) is 17.1 Å². The van der Waals surface area contributed by atoms with Gasteiger partial charge in [-0.25, -0.2) is 4.79 Å². The largest absolute Gasteiger partial charge is 0.484 e. The standard InChI is InChI=1S/C34H28N4O5S/c1-41-33(40)23-9-7-8-22(20-23)28-17-18-29(43-28)32-31(27-12-5-6-19-35-27)37-34(44)38(32)25-15-13-24(14-16-25)36-30(39)21-42-26-10-3-2-4-11-26/h2-20,31-32H,21H2,1H3,(H,36,39)(H,37,44)/t31-,32+/m1/s1. The highest BCUT2D eigenvalue weighted by Gasteiger charge is 2.42. The Bertz CT molecular complexity index is 1780. The molecular formula is C34H28N4O5S. The molecule has 3 heterocycles. The first-order valence-electron chi connectivity index (χ1n) is 13.9. The van der Waals surface area contributed by atoms with Crippen LogP contribution in [-0.2, 0) is 9.53 Å². The topological polar surface area (TPSA) is 106 Å². The number of thiocarbonyl (C=S) groups is 1. The summed E-state index contributed by atoms with van der Waals surface area (Å²) in [5.74, 6) is 1.18. The third kappa shape index (κ3) is 6.16. The molecule has 220 valence electrons. The fraction of sp³-hybridized carbons (Fsp3) is 0.118. The molecule has 2 atom stereocenters. The molecule has 0 bridgehead atoms. The molecule has 1 aliphatic rings. The number of para-hydroxylation sites is 1. The number of rotatable bonds is 9. The second-order valence-corrected chi connectivity index (χ2v) is 10.4. The van der Waals surface area contributed by atoms with E-state index in [2.05, 4.69) is 15.6 Å². The van der Waals surface area contributed by atoms with Crippen molar-refractivity contribution in [2.45, 2.75) is 12.1 Å². The number of nitrogens with zero attached hydrogens (tertiary/aromatic N) is 2. The molecule has 6 rings (SSSR count). The van der Waals surface area contributed by atoms with Gasteiger partial charge in [0, 0.05) is 23.1 Å². The molecular weight excluding hydrogens is 576 g/mol. The summed E-state index contributed by atoms with van der Waals surface area (Å²) in [5, 5.41) is 6.78. The first kappa shape index (κ1) is 28.6. The van der Waals surface area contributed by atoms with Crippen LogP contribution in [0.25, 0.3) is 11.3 Å². The van der Waals surface area contributed by atoms with E-state index in [9.17, 15) is 9.59 Å². The molecule has 2 N–H and O–H groups in total. The van der Waals surface area contributed by atoms with Crippen LogP contribution in [0.2, 0.25) is 0 Å². The highest BCUT2D eigenvalue weighted by Crippen LogP contribution is 2.43. The van der Waals surface area contributed by atoms with Gasteiger partial charge < -0.3 is 29.4 Å². The lowest BCUT2D eigenvalue weighted by atomic mass is 10.0. The van der Waals surface area contributed by atoms with E-state index in [4.69, 9.17) is 26.1 Å². The lowest BCUT2D eigenvalue weighted by molar-refractivity contribution is -0.118. The number of pyridine rings is 1. The van der Waals surface area contributed by atoms with Crippen molar-refractivity contribution in [1.82, 2.24) is 10.3 Å². The van der Waals surface area contributed by atoms with Crippen LogP contribution in [-0.4, -0.2) is 35.7 Å². The molecule has 44 heavy (non-hydrogen) atoms. The smallest absolute Gasteiger partial charge is 0.337 e. The van der Waals surface area contributed by atoms with Crippen LogP contribution in [0.1, 0.15) is 33.9 Å². The second kappa shape index (κ2) is 12.8. The highest BCUT2D eigenvalue weighted by molar-refractivity contribution is 7.80. The number of anilines is 2. The number of aromatic nitrogens is 1. The molecule has 3 aromatic carbocycles. The molecule has 0 saturated carbocycles. The number of hydrogen-bond acceptors (Lipinski definition) is 7. The van der Waals surface area contributed by atoms with Gasteiger partial charge in [-0.15, -0.1) is 0 Å². The Hall–Kier alpha value is -5.48. The predicted octanol–water partition coefficient (Wildman–Crippen LogP) is 6.32. The summed E-state index contributed by atoms with van der Waals surface area (Å²) in [5.41, 5.74) is 3.39. The van der Waals surface area contributed by atoms with Crippen molar-refractivity contribution in [3.63, 3.8) is 0 Å². The van der Waals surface area contributed by atoms with Gasteiger partial charge in [0.2, 0.25) is 0 Å². The van der Waals surface area contributed by atoms with Gasteiger partial charge in [0.25, 0.3) is 5.91 Å². The summed E-state index contributed by atoms with van der Waals surface area (Å²) >= 11 is 5.83. The fourth-order valence-electron chi connectivity index (χ4n) is 5.07. The normalized spacial score (nSPS) is 15.8. The Labute approximate surface area is 259 Å². The number of carbonyl (C=O) groups excluding carboxylic acids is 2. The van der Waals surface area contributed by atoms with E-state index >= 15 is 0 Å². The maximum Gasteiger partial charge on any atom is 0.337 e. The molecule has 2 aromatic heterocycles. The maximum absolute atomic E-state index is 12.5. The zero-order chi connectivity index (χ0) is 30.5. The molecule has 1 fully saturated rings. The average Bonchev–Trinajstić information content (AvgIpc) is 3.69. The number of esters is 1. The summed E-state index contributed by atoms with van der Waals surface area (Å²) in [7, 11) is 1.35. The minimum absolute atomic E-state index is 0.108. The number of hydrogen-bond donors (Lipinski definition) is 2. The molecule has 1 amide bonds. The van der Waals surface area contributed by atoms with Crippen molar-refractivity contribution >= 4 is 40.6 Å². The van der Waals surface area contributed by atoms with Crippen LogP contribution in [0.4, 0.5) is 11.4 Å². The lowest BCUT2D eigenvalue weighted by Gasteiger charge is -2.26. The summed E-state index contributed by atoms with van der Waals surface area (Å²) < 4.78 is 16.8. The molecule has 0 radical (unpaired) electrons. The minimum atomic E-state index is -0.422. The van der Waals surface area contributed by atoms with Gasteiger partial charge in [0.1, 0.15) is 23.3 Å². The third-order valence-corrected chi connectivity index (χ3v) is 7.44. The first-order chi connectivity index (χ1) is 21.5. The Morgan fingerprint density at radius 3 is 2.50 bits per heavy atom. The molecule has 0 spiro atoms. The van der Waals surface area contributed by atoms with E-state index in [1.807, 2.05) is 83.8 Å². The summed E-state index contributed by atoms with van der Waals surface area (Å²) in [4.78, 5) is 31.2. The average molecular weight is 605 g/mol. The Kier molecular flexibility index (Phi) is 8.33. The molecule has 1 aliphatic heterocycles. The quantitative estimate of drug-likeness (QED) is 0.148. The zero-order valence-electron chi connectivity index (χ0n) is 23.7. The highest BCUT2D eigenvalue weighted by atomic mass is 32.1. The number of nitrogens with one attached hydrogen (secondary N) is 2. The SMILES string of the molecule is COC(=O)c1cccc(-c2ccc([C@H]3[C@@H](c4ccccn4)NC(=S)N3c3ccc(NC(=O)COc4ccccc4)cc3)o2)c1. The summed E-state index contributed by atoms with van der Waals surface area (Å²) in [6, 6.07) is 32.5. The summed E-state index contributed by atoms with van der Waals surface area (Å²) in [6.07, 6.45) is 1.74. The number of methoxy groups -OCH3 is 1. The van der Waals surface area contributed by atoms with E-state index < -0.39 is 5.97 Å². The molecule has 0 aliphatic carbocycles. The lowest BCUT2D eigenvalue weighted by Crippen LogP contribution is -2.29. The van der Waals surface area contributed by atoms with Crippen molar-refractivity contribution in [2.75, 3.05) is 23.9 Å². The van der Waals surface area contributed by atoms with Crippen LogP contribution in [0.15, 0.2) is 120 Å². The fourth-order valence-corrected chi connectivity index (χ4v) is 5.42. The van der Waals surface area contributed by atoms with Gasteiger partial charge in [-0.3, -0.25) is 9.78 Å². The first-order valence-corrected chi connectivity index (χ1v) is 14.3. The van der Waals surface area contributed by atoms with Gasteiger partial charge in [0.05, 0.1) is 24.4 Å². The Balaban J connectivity index is 1.26. The van der Waals surface area contributed by atoms with Crippen molar-refractivity contribution in [1.29, 1.82) is 0 Å². The van der Waals surface area contributed by atoms with Crippen molar-refractivity contribution < 1.29 is 23.5 Å². The van der Waals surface area contributed by atoms with Crippen LogP contribution < -0.4 is 20.3 Å². The summed E-state index contributed by atoms with van der Waals surface area (Å²) in [6.45, 7) is -0.108. The molecule has 5 aromatic rings. The minimum Gasteiger partial charge on any atom is -0.484 e. The Morgan fingerprint density at radius 1 is 0.955 bits per heavy atom. The van der Waals surface area contributed by atoms with Crippen LogP contribution in [0.5, 0.6) is 5.75 Å². The molecule has 10 heteroatoms. The van der Waals surface area contributed by atoms with E-state index in [1.54, 1.807) is 36.5 Å². The van der Waals surface area contributed by atoms with Gasteiger partial charge >= 0.3 is 5.97 Å². The van der Waals surface area contributed by atoms with Gasteiger partial charge in [-0.05, 0) is 85.0 Å². The number of benzene rings is 3. The molecule has 0 unspecified atom stereocenters. The number of furan rings is 1. The Morgan fingerprint density at radius 2 is 1.75 bits per heavy atom. The van der Waals surface area contributed by atoms with Crippen LogP contribution >= 0.6 is 12.2 Å².